The van der Waals surface area contributed by atoms with Crippen molar-refractivity contribution in [3.05, 3.63) is 36.5 Å². The summed E-state index contributed by atoms with van der Waals surface area (Å²) >= 11 is 0. The summed E-state index contributed by atoms with van der Waals surface area (Å²) in [4.78, 5) is 28.5. The van der Waals surface area contributed by atoms with Crippen molar-refractivity contribution in [3.63, 3.8) is 0 Å². The summed E-state index contributed by atoms with van der Waals surface area (Å²) in [5, 5.41) is 2.92. The number of carbonyl (C=O) groups is 1. The molecule has 0 aliphatic carbocycles. The number of carbonyl (C=O) groups excluding carboxylic acids is 1. The Labute approximate surface area is 224 Å². The lowest BCUT2D eigenvalue weighted by atomic mass is 10.1. The van der Waals surface area contributed by atoms with Crippen molar-refractivity contribution < 1.29 is 32.2 Å². The second kappa shape index (κ2) is 12.5. The van der Waals surface area contributed by atoms with Crippen LogP contribution in [0.15, 0.2) is 30.9 Å². The number of rotatable bonds is 5. The van der Waals surface area contributed by atoms with Gasteiger partial charge in [0.05, 0.1) is 44.0 Å². The van der Waals surface area contributed by atoms with E-state index in [0.29, 0.717) is 66.6 Å². The van der Waals surface area contributed by atoms with Crippen LogP contribution >= 0.6 is 0 Å². The second-order valence-corrected chi connectivity index (χ2v) is 9.29. The molecule has 0 saturated heterocycles. The highest BCUT2D eigenvalue weighted by Crippen LogP contribution is 2.33. The predicted molar refractivity (Wildman–Crippen MR) is 136 cm³/mol. The molecule has 39 heavy (non-hydrogen) atoms. The van der Waals surface area contributed by atoms with Crippen molar-refractivity contribution in [1.82, 2.24) is 29.6 Å². The molecule has 13 heteroatoms. The van der Waals surface area contributed by atoms with Crippen molar-refractivity contribution in [2.45, 2.75) is 64.4 Å². The zero-order valence-electron chi connectivity index (χ0n) is 22.2. The maximum absolute atomic E-state index is 13.3. The number of fused-ring (bicyclic) bond motifs is 7. The summed E-state index contributed by atoms with van der Waals surface area (Å²) in [6.07, 6.45) is 4.83. The van der Waals surface area contributed by atoms with Gasteiger partial charge in [-0.3, -0.25) is 9.72 Å². The van der Waals surface area contributed by atoms with Gasteiger partial charge in [-0.15, -0.1) is 13.2 Å². The minimum absolute atomic E-state index is 0.0340. The van der Waals surface area contributed by atoms with E-state index in [1.165, 1.54) is 0 Å². The van der Waals surface area contributed by atoms with Crippen LogP contribution in [0.4, 0.5) is 18.0 Å². The predicted octanol–water partition coefficient (Wildman–Crippen LogP) is 5.14. The van der Waals surface area contributed by atoms with Gasteiger partial charge in [-0.25, -0.2) is 14.8 Å². The van der Waals surface area contributed by atoms with Gasteiger partial charge in [-0.05, 0) is 45.6 Å². The Morgan fingerprint density at radius 1 is 1.23 bits per heavy atom. The third-order valence-corrected chi connectivity index (χ3v) is 6.72. The molecule has 0 spiro atoms. The molecule has 0 saturated carbocycles. The first-order chi connectivity index (χ1) is 18.7. The lowest BCUT2D eigenvalue weighted by Gasteiger charge is -2.30. The second-order valence-electron chi connectivity index (χ2n) is 9.29. The smallest absolute Gasteiger partial charge is 0.494 e. The van der Waals surface area contributed by atoms with Crippen LogP contribution in [0.2, 0.25) is 0 Å². The molecule has 4 heterocycles. The Balaban J connectivity index is 1.68. The Hall–Kier alpha value is -3.61. The number of imidazole rings is 1. The van der Waals surface area contributed by atoms with Crippen LogP contribution in [-0.4, -0.2) is 69.6 Å². The van der Waals surface area contributed by atoms with Crippen LogP contribution in [0.5, 0.6) is 11.6 Å². The van der Waals surface area contributed by atoms with Gasteiger partial charge in [0, 0.05) is 36.7 Å². The Morgan fingerprint density at radius 3 is 2.79 bits per heavy atom. The number of urea groups is 1. The number of hydrogen-bond donors (Lipinski definition) is 1. The molecule has 4 bridgehead atoms. The number of amides is 2. The number of alkyl halides is 3. The molecule has 4 rings (SSSR count). The average molecular weight is 551 g/mol. The van der Waals surface area contributed by atoms with Gasteiger partial charge in [0.15, 0.2) is 0 Å². The third kappa shape index (κ3) is 7.08. The van der Waals surface area contributed by atoms with Crippen molar-refractivity contribution in [2.75, 3.05) is 26.9 Å². The number of hydrogen-bond acceptors (Lipinski definition) is 7. The normalized spacial score (nSPS) is 19.3. The molecule has 1 N–H and O–H groups in total. The largest absolute Gasteiger partial charge is 0.522 e. The summed E-state index contributed by atoms with van der Waals surface area (Å²) < 4.78 is 55.1. The lowest BCUT2D eigenvalue weighted by Crippen LogP contribution is -2.46. The minimum atomic E-state index is -4.72. The first-order valence-corrected chi connectivity index (χ1v) is 13.0. The molecule has 0 radical (unpaired) electrons. The number of pyridine rings is 1. The van der Waals surface area contributed by atoms with Crippen molar-refractivity contribution in [1.29, 1.82) is 0 Å². The van der Waals surface area contributed by atoms with Gasteiger partial charge in [0.1, 0.15) is 5.75 Å². The molecular formula is C26H33F3N6O4. The number of nitrogens with one attached hydrogen (secondary N) is 1. The van der Waals surface area contributed by atoms with Crippen LogP contribution in [0.1, 0.15) is 57.7 Å². The van der Waals surface area contributed by atoms with E-state index in [0.717, 1.165) is 6.42 Å². The molecule has 0 fully saturated rings. The van der Waals surface area contributed by atoms with Gasteiger partial charge in [0.25, 0.3) is 5.88 Å². The molecule has 0 aromatic carbocycles. The van der Waals surface area contributed by atoms with Crippen LogP contribution < -0.4 is 14.8 Å². The van der Waals surface area contributed by atoms with Crippen molar-refractivity contribution in [3.8, 4) is 22.9 Å². The summed E-state index contributed by atoms with van der Waals surface area (Å²) in [5.41, 5.74) is 2.43. The van der Waals surface area contributed by atoms with Crippen LogP contribution in [0, 0.1) is 0 Å². The van der Waals surface area contributed by atoms with E-state index < -0.39 is 25.1 Å². The highest BCUT2D eigenvalue weighted by atomic mass is 19.4. The van der Waals surface area contributed by atoms with E-state index in [1.807, 2.05) is 30.5 Å². The van der Waals surface area contributed by atoms with E-state index in [-0.39, 0.29) is 12.5 Å². The molecular weight excluding hydrogens is 517 g/mol. The number of aromatic nitrogens is 4. The molecule has 3 aromatic heterocycles. The molecule has 212 valence electrons. The van der Waals surface area contributed by atoms with Crippen molar-refractivity contribution >= 4 is 11.7 Å². The monoisotopic (exact) mass is 550 g/mol. The average Bonchev–Trinajstić information content (AvgIpc) is 3.38. The quantitative estimate of drug-likeness (QED) is 0.469. The number of halogens is 3. The topological polar surface area (TPSA) is 103 Å². The molecule has 1 unspecified atom stereocenters. The Kier molecular flexibility index (Phi) is 9.10. The summed E-state index contributed by atoms with van der Waals surface area (Å²) in [6.45, 7) is 3.89. The van der Waals surface area contributed by atoms with E-state index in [9.17, 15) is 18.0 Å². The Bertz CT molecular complexity index is 1270. The van der Waals surface area contributed by atoms with E-state index in [1.54, 1.807) is 30.6 Å². The third-order valence-electron chi connectivity index (χ3n) is 6.72. The fourth-order valence-electron chi connectivity index (χ4n) is 4.63. The lowest BCUT2D eigenvalue weighted by molar-refractivity contribution is -0.325. The summed E-state index contributed by atoms with van der Waals surface area (Å²) in [7, 11) is 1.54. The SMILES string of the molecule is CCN1C(=O)NC(CCOC(F)(F)F)CCCCCOc2nc(cn3ccnc23)-c2cc(ncc2OC)[C@H]1C. The van der Waals surface area contributed by atoms with E-state index in [4.69, 9.17) is 14.5 Å². The highest BCUT2D eigenvalue weighted by Gasteiger charge is 2.30. The van der Waals surface area contributed by atoms with Crippen LogP contribution in [0.25, 0.3) is 16.9 Å². The number of nitrogens with zero attached hydrogens (tertiary/aromatic N) is 5. The van der Waals surface area contributed by atoms with Crippen molar-refractivity contribution in [2.24, 2.45) is 0 Å². The zero-order chi connectivity index (χ0) is 28.0. The maximum atomic E-state index is 13.3. The minimum Gasteiger partial charge on any atom is -0.494 e. The fourth-order valence-corrected chi connectivity index (χ4v) is 4.63. The van der Waals surface area contributed by atoms with E-state index >= 15 is 0 Å². The summed E-state index contributed by atoms with van der Waals surface area (Å²) in [5.74, 6) is 0.878. The molecule has 2 atom stereocenters. The molecule has 3 aromatic rings. The molecule has 2 amide bonds. The Morgan fingerprint density at radius 2 is 2.05 bits per heavy atom. The maximum Gasteiger partial charge on any atom is 0.522 e. The van der Waals surface area contributed by atoms with Gasteiger partial charge in [-0.2, -0.15) is 0 Å². The van der Waals surface area contributed by atoms with Gasteiger partial charge >= 0.3 is 12.4 Å². The first-order valence-electron chi connectivity index (χ1n) is 13.0. The van der Waals surface area contributed by atoms with E-state index in [2.05, 4.69) is 20.0 Å². The van der Waals surface area contributed by atoms with Crippen LogP contribution in [-0.2, 0) is 4.74 Å². The first kappa shape index (κ1) is 28.4. The standard InChI is InChI=1S/C26H33F3N6O4/c1-4-35-17(2)20-14-19(22(37-3)15-31-20)21-16-34-11-10-30-23(34)24(33-21)38-12-7-5-6-8-18(32-25(35)36)9-13-39-26(27,28)29/h10-11,14-18H,4-9,12-13H2,1-3H3,(H,32,36)/t17-,18?/m1/s1. The van der Waals surface area contributed by atoms with Gasteiger partial charge < -0.3 is 24.1 Å². The fraction of sp³-hybridized carbons (Fsp3) is 0.538. The molecule has 1 aliphatic heterocycles. The molecule has 1 aliphatic rings. The van der Waals surface area contributed by atoms with Gasteiger partial charge in [-0.1, -0.05) is 6.42 Å². The van der Waals surface area contributed by atoms with Gasteiger partial charge in [0.2, 0.25) is 5.65 Å². The highest BCUT2D eigenvalue weighted by molar-refractivity contribution is 5.75. The number of ether oxygens (including phenoxy) is 3. The molecule has 10 nitrogen and oxygen atoms in total. The number of methoxy groups -OCH3 is 1. The zero-order valence-corrected chi connectivity index (χ0v) is 22.2. The summed E-state index contributed by atoms with van der Waals surface area (Å²) in [6, 6.07) is 0.503. The van der Waals surface area contributed by atoms with Crippen LogP contribution in [0.3, 0.4) is 0 Å².